The van der Waals surface area contributed by atoms with Crippen LogP contribution >= 0.6 is 0 Å². The number of carboxylic acids is 1. The lowest BCUT2D eigenvalue weighted by Gasteiger charge is -2.21. The lowest BCUT2D eigenvalue weighted by atomic mass is 10.2. The summed E-state index contributed by atoms with van der Waals surface area (Å²) < 4.78 is 0. The highest BCUT2D eigenvalue weighted by molar-refractivity contribution is 5.69. The lowest BCUT2D eigenvalue weighted by Crippen LogP contribution is -2.32. The summed E-state index contributed by atoms with van der Waals surface area (Å²) in [5.74, 6) is -0.345. The Labute approximate surface area is 89.1 Å². The quantitative estimate of drug-likeness (QED) is 0.735. The first kappa shape index (κ1) is 11.7. The third kappa shape index (κ3) is 4.60. The van der Waals surface area contributed by atoms with E-state index in [1.165, 1.54) is 0 Å². The van der Waals surface area contributed by atoms with Crippen LogP contribution in [0.5, 0.6) is 0 Å². The van der Waals surface area contributed by atoms with Crippen molar-refractivity contribution in [3.63, 3.8) is 0 Å². The molecule has 1 aromatic rings. The zero-order chi connectivity index (χ0) is 11.3. The van der Waals surface area contributed by atoms with Crippen molar-refractivity contribution in [2.24, 2.45) is 5.92 Å². The number of hydrogen-bond donors (Lipinski definition) is 2. The second-order valence-electron chi connectivity index (χ2n) is 4.04. The third-order valence-corrected chi connectivity index (χ3v) is 1.93. The van der Waals surface area contributed by atoms with Crippen LogP contribution < -0.4 is 0 Å². The number of H-pyrrole nitrogens is 1. The minimum absolute atomic E-state index is 0.0667. The molecule has 0 aliphatic rings. The summed E-state index contributed by atoms with van der Waals surface area (Å²) >= 11 is 0. The predicted octanol–water partition coefficient (Wildman–Crippen LogP) is 0.952. The van der Waals surface area contributed by atoms with E-state index in [0.29, 0.717) is 12.5 Å². The second-order valence-corrected chi connectivity index (χ2v) is 4.04. The van der Waals surface area contributed by atoms with Gasteiger partial charge in [-0.2, -0.15) is 5.10 Å². The van der Waals surface area contributed by atoms with Crippen LogP contribution in [0, 0.1) is 5.92 Å². The van der Waals surface area contributed by atoms with Crippen LogP contribution in [0.25, 0.3) is 0 Å². The highest BCUT2D eigenvalue weighted by Gasteiger charge is 2.12. The molecule has 0 amide bonds. The second kappa shape index (κ2) is 5.50. The van der Waals surface area contributed by atoms with Crippen molar-refractivity contribution in [2.75, 3.05) is 13.1 Å². The van der Waals surface area contributed by atoms with Gasteiger partial charge in [0.05, 0.1) is 6.54 Å². The zero-order valence-corrected chi connectivity index (χ0v) is 9.10. The van der Waals surface area contributed by atoms with Crippen LogP contribution in [0.2, 0.25) is 0 Å². The van der Waals surface area contributed by atoms with Gasteiger partial charge >= 0.3 is 5.97 Å². The SMILES string of the molecule is CC(C)CN(CC(=O)O)Cc1ccn[nH]1. The Hall–Kier alpha value is -1.36. The van der Waals surface area contributed by atoms with Crippen molar-refractivity contribution < 1.29 is 9.90 Å². The van der Waals surface area contributed by atoms with Gasteiger partial charge in [0.15, 0.2) is 0 Å². The molecule has 0 unspecified atom stereocenters. The average Bonchev–Trinajstić information content (AvgIpc) is 2.53. The first-order valence-electron chi connectivity index (χ1n) is 5.00. The Bertz CT molecular complexity index is 296. The van der Waals surface area contributed by atoms with Gasteiger partial charge in [-0.1, -0.05) is 13.8 Å². The minimum Gasteiger partial charge on any atom is -0.480 e. The number of hydrogen-bond acceptors (Lipinski definition) is 3. The van der Waals surface area contributed by atoms with Gasteiger partial charge < -0.3 is 5.11 Å². The van der Waals surface area contributed by atoms with Gasteiger partial charge in [-0.25, -0.2) is 0 Å². The number of aromatic amines is 1. The summed E-state index contributed by atoms with van der Waals surface area (Å²) in [4.78, 5) is 12.5. The molecule has 15 heavy (non-hydrogen) atoms. The van der Waals surface area contributed by atoms with Crippen LogP contribution in [0.1, 0.15) is 19.5 Å². The summed E-state index contributed by atoms with van der Waals surface area (Å²) in [5, 5.41) is 15.4. The van der Waals surface area contributed by atoms with Crippen molar-refractivity contribution in [1.82, 2.24) is 15.1 Å². The van der Waals surface area contributed by atoms with E-state index in [1.807, 2.05) is 11.0 Å². The first-order valence-corrected chi connectivity index (χ1v) is 5.00. The normalized spacial score (nSPS) is 11.2. The maximum atomic E-state index is 10.7. The molecule has 0 fully saturated rings. The van der Waals surface area contributed by atoms with Crippen molar-refractivity contribution in [3.05, 3.63) is 18.0 Å². The van der Waals surface area contributed by atoms with Crippen molar-refractivity contribution in [2.45, 2.75) is 20.4 Å². The van der Waals surface area contributed by atoms with E-state index < -0.39 is 5.97 Å². The number of carbonyl (C=O) groups is 1. The van der Waals surface area contributed by atoms with Gasteiger partial charge in [0, 0.05) is 25.0 Å². The molecule has 0 radical (unpaired) electrons. The van der Waals surface area contributed by atoms with Crippen LogP contribution in [0.3, 0.4) is 0 Å². The van der Waals surface area contributed by atoms with Gasteiger partial charge in [-0.3, -0.25) is 14.8 Å². The van der Waals surface area contributed by atoms with Crippen molar-refractivity contribution in [1.29, 1.82) is 0 Å². The fourth-order valence-electron chi connectivity index (χ4n) is 1.51. The Morgan fingerprint density at radius 3 is 2.87 bits per heavy atom. The average molecular weight is 211 g/mol. The van der Waals surface area contributed by atoms with Gasteiger partial charge in [-0.15, -0.1) is 0 Å². The topological polar surface area (TPSA) is 69.2 Å². The summed E-state index contributed by atoms with van der Waals surface area (Å²) in [7, 11) is 0. The summed E-state index contributed by atoms with van der Waals surface area (Å²) in [6.07, 6.45) is 1.67. The van der Waals surface area contributed by atoms with E-state index in [1.54, 1.807) is 6.20 Å². The molecule has 0 spiro atoms. The van der Waals surface area contributed by atoms with Crippen LogP contribution in [-0.4, -0.2) is 39.3 Å². The standard InChI is InChI=1S/C10H17N3O2/c1-8(2)5-13(7-10(14)15)6-9-3-4-11-12-9/h3-4,8H,5-7H2,1-2H3,(H,11,12)(H,14,15). The molecule has 0 saturated carbocycles. The van der Waals surface area contributed by atoms with E-state index in [4.69, 9.17) is 5.11 Å². The highest BCUT2D eigenvalue weighted by atomic mass is 16.4. The fraction of sp³-hybridized carbons (Fsp3) is 0.600. The minimum atomic E-state index is -0.796. The summed E-state index contributed by atoms with van der Waals surface area (Å²) in [6.45, 7) is 5.58. The molecular weight excluding hydrogens is 194 g/mol. The fourth-order valence-corrected chi connectivity index (χ4v) is 1.51. The van der Waals surface area contributed by atoms with Gasteiger partial charge in [0.25, 0.3) is 0 Å². The van der Waals surface area contributed by atoms with Crippen molar-refractivity contribution in [3.8, 4) is 0 Å². The molecule has 84 valence electrons. The molecule has 1 rings (SSSR count). The molecule has 5 nitrogen and oxygen atoms in total. The van der Waals surface area contributed by atoms with Gasteiger partial charge in [0.2, 0.25) is 0 Å². The first-order chi connectivity index (χ1) is 7.08. The van der Waals surface area contributed by atoms with Crippen molar-refractivity contribution >= 4 is 5.97 Å². The molecule has 0 saturated heterocycles. The number of nitrogens with zero attached hydrogens (tertiary/aromatic N) is 2. The number of aromatic nitrogens is 2. The molecular formula is C10H17N3O2. The molecule has 0 aliphatic heterocycles. The summed E-state index contributed by atoms with van der Waals surface area (Å²) in [5.41, 5.74) is 0.942. The predicted molar refractivity (Wildman–Crippen MR) is 56.3 cm³/mol. The van der Waals surface area contributed by atoms with Crippen LogP contribution in [-0.2, 0) is 11.3 Å². The third-order valence-electron chi connectivity index (χ3n) is 1.93. The molecule has 0 aliphatic carbocycles. The van der Waals surface area contributed by atoms with Crippen LogP contribution in [0.15, 0.2) is 12.3 Å². The molecule has 1 aromatic heterocycles. The number of nitrogens with one attached hydrogen (secondary N) is 1. The molecule has 1 heterocycles. The highest BCUT2D eigenvalue weighted by Crippen LogP contribution is 2.04. The van der Waals surface area contributed by atoms with E-state index in [9.17, 15) is 4.79 Å². The van der Waals surface area contributed by atoms with Gasteiger partial charge in [0.1, 0.15) is 0 Å². The maximum Gasteiger partial charge on any atom is 0.317 e. The van der Waals surface area contributed by atoms with Crippen LogP contribution in [0.4, 0.5) is 0 Å². The van der Waals surface area contributed by atoms with E-state index >= 15 is 0 Å². The molecule has 2 N–H and O–H groups in total. The van der Waals surface area contributed by atoms with E-state index in [0.717, 1.165) is 12.2 Å². The zero-order valence-electron chi connectivity index (χ0n) is 9.10. The molecule has 0 atom stereocenters. The Balaban J connectivity index is 2.52. The smallest absolute Gasteiger partial charge is 0.317 e. The number of rotatable bonds is 6. The molecule has 0 bridgehead atoms. The lowest BCUT2D eigenvalue weighted by molar-refractivity contribution is -0.138. The number of carboxylic acid groups (broad SMARTS) is 1. The Kier molecular flexibility index (Phi) is 4.30. The molecule has 5 heteroatoms. The Morgan fingerprint density at radius 1 is 1.67 bits per heavy atom. The summed E-state index contributed by atoms with van der Waals surface area (Å²) in [6, 6.07) is 1.86. The molecule has 0 aromatic carbocycles. The number of aliphatic carboxylic acids is 1. The Morgan fingerprint density at radius 2 is 2.40 bits per heavy atom. The van der Waals surface area contributed by atoms with E-state index in [2.05, 4.69) is 24.0 Å². The van der Waals surface area contributed by atoms with Gasteiger partial charge in [-0.05, 0) is 12.0 Å². The largest absolute Gasteiger partial charge is 0.480 e. The monoisotopic (exact) mass is 211 g/mol. The van der Waals surface area contributed by atoms with E-state index in [-0.39, 0.29) is 6.54 Å². The maximum absolute atomic E-state index is 10.7.